The predicted molar refractivity (Wildman–Crippen MR) is 47.5 cm³/mol. The van der Waals surface area contributed by atoms with Gasteiger partial charge in [-0.1, -0.05) is 24.6 Å². The molecule has 0 saturated carbocycles. The van der Waals surface area contributed by atoms with Gasteiger partial charge in [-0.25, -0.2) is 0 Å². The lowest BCUT2D eigenvalue weighted by molar-refractivity contribution is -0.151. The number of carboxylic acids is 2. The third-order valence-electron chi connectivity index (χ3n) is 1.76. The largest absolute Gasteiger partial charge is 0.481 e. The van der Waals surface area contributed by atoms with Crippen LogP contribution in [-0.4, -0.2) is 22.2 Å². The van der Waals surface area contributed by atoms with Crippen LogP contribution in [0.3, 0.4) is 0 Å². The minimum absolute atomic E-state index is 0.257. The summed E-state index contributed by atoms with van der Waals surface area (Å²) < 4.78 is 0. The van der Waals surface area contributed by atoms with E-state index in [4.69, 9.17) is 21.8 Å². The van der Waals surface area contributed by atoms with E-state index in [1.54, 1.807) is 6.92 Å². The maximum absolute atomic E-state index is 10.6. The Hall–Kier alpha value is -1.03. The highest BCUT2D eigenvalue weighted by molar-refractivity contribution is 6.25. The van der Waals surface area contributed by atoms with E-state index in [-0.39, 0.29) is 6.42 Å². The molecule has 0 spiro atoms. The van der Waals surface area contributed by atoms with E-state index in [9.17, 15) is 9.59 Å². The molecule has 5 heteroatoms. The standard InChI is InChI=1S/C8H11ClO4/c1-2-5(7(10)11)6(3-4-9)8(12)13/h3-6H,2H2,1H3,(H,10,11)(H,12,13). The molecule has 2 N–H and O–H groups in total. The second kappa shape index (κ2) is 5.59. The highest BCUT2D eigenvalue weighted by Gasteiger charge is 2.29. The fourth-order valence-corrected chi connectivity index (χ4v) is 1.21. The second-order valence-electron chi connectivity index (χ2n) is 2.54. The van der Waals surface area contributed by atoms with Gasteiger partial charge in [0.2, 0.25) is 0 Å². The van der Waals surface area contributed by atoms with Crippen molar-refractivity contribution in [2.75, 3.05) is 0 Å². The Kier molecular flexibility index (Phi) is 5.14. The molecular formula is C8H11ClO4. The van der Waals surface area contributed by atoms with Crippen LogP contribution in [0.1, 0.15) is 13.3 Å². The molecule has 0 rings (SSSR count). The van der Waals surface area contributed by atoms with Crippen molar-refractivity contribution in [1.29, 1.82) is 0 Å². The molecule has 4 nitrogen and oxygen atoms in total. The van der Waals surface area contributed by atoms with E-state index >= 15 is 0 Å². The molecular weight excluding hydrogens is 196 g/mol. The lowest BCUT2D eigenvalue weighted by atomic mass is 9.90. The number of halogens is 1. The van der Waals surface area contributed by atoms with Crippen LogP contribution in [0.5, 0.6) is 0 Å². The van der Waals surface area contributed by atoms with Crippen LogP contribution < -0.4 is 0 Å². The normalized spacial score (nSPS) is 15.5. The van der Waals surface area contributed by atoms with Gasteiger partial charge in [0.15, 0.2) is 0 Å². The van der Waals surface area contributed by atoms with E-state index in [1.807, 2.05) is 0 Å². The highest BCUT2D eigenvalue weighted by atomic mass is 35.5. The summed E-state index contributed by atoms with van der Waals surface area (Å²) in [5.74, 6) is -4.27. The van der Waals surface area contributed by atoms with Crippen LogP contribution in [0.15, 0.2) is 11.6 Å². The SMILES string of the molecule is CCC(C(=O)O)C(C=CCl)C(=O)O. The average Bonchev–Trinajstić information content (AvgIpc) is 2.03. The summed E-state index contributed by atoms with van der Waals surface area (Å²) in [6, 6.07) is 0. The Labute approximate surface area is 80.8 Å². The van der Waals surface area contributed by atoms with Gasteiger partial charge >= 0.3 is 11.9 Å². The molecule has 74 valence electrons. The van der Waals surface area contributed by atoms with Gasteiger partial charge in [-0.2, -0.15) is 0 Å². The first-order chi connectivity index (χ1) is 6.04. The first kappa shape index (κ1) is 12.0. The van der Waals surface area contributed by atoms with Crippen LogP contribution >= 0.6 is 11.6 Å². The van der Waals surface area contributed by atoms with E-state index < -0.39 is 23.8 Å². The zero-order valence-corrected chi connectivity index (χ0v) is 7.86. The number of hydrogen-bond acceptors (Lipinski definition) is 2. The van der Waals surface area contributed by atoms with Crippen molar-refractivity contribution in [2.24, 2.45) is 11.8 Å². The lowest BCUT2D eigenvalue weighted by Gasteiger charge is -2.14. The topological polar surface area (TPSA) is 74.6 Å². The molecule has 0 heterocycles. The first-order valence-electron chi connectivity index (χ1n) is 3.77. The first-order valence-corrected chi connectivity index (χ1v) is 4.20. The molecule has 0 bridgehead atoms. The molecule has 2 unspecified atom stereocenters. The molecule has 0 saturated heterocycles. The van der Waals surface area contributed by atoms with Gasteiger partial charge in [0.05, 0.1) is 11.8 Å². The Morgan fingerprint density at radius 2 is 1.92 bits per heavy atom. The third kappa shape index (κ3) is 3.46. The molecule has 0 aliphatic rings. The number of rotatable bonds is 5. The molecule has 0 aromatic heterocycles. The van der Waals surface area contributed by atoms with Gasteiger partial charge < -0.3 is 10.2 Å². The van der Waals surface area contributed by atoms with Crippen LogP contribution in [-0.2, 0) is 9.59 Å². The summed E-state index contributed by atoms with van der Waals surface area (Å²) in [5, 5.41) is 17.4. The van der Waals surface area contributed by atoms with Crippen molar-refractivity contribution in [1.82, 2.24) is 0 Å². The summed E-state index contributed by atoms with van der Waals surface area (Å²) in [6.45, 7) is 1.62. The molecule has 0 aliphatic heterocycles. The summed E-state index contributed by atoms with van der Waals surface area (Å²) in [7, 11) is 0. The lowest BCUT2D eigenvalue weighted by Crippen LogP contribution is -2.27. The maximum Gasteiger partial charge on any atom is 0.311 e. The fraction of sp³-hybridized carbons (Fsp3) is 0.500. The minimum atomic E-state index is -1.17. The van der Waals surface area contributed by atoms with Crippen LogP contribution in [0, 0.1) is 11.8 Å². The van der Waals surface area contributed by atoms with Crippen molar-refractivity contribution in [3.8, 4) is 0 Å². The number of carbonyl (C=O) groups is 2. The summed E-state index contributed by atoms with van der Waals surface area (Å²) >= 11 is 5.21. The molecule has 0 amide bonds. The third-order valence-corrected chi connectivity index (χ3v) is 1.90. The number of carboxylic acid groups (broad SMARTS) is 2. The molecule has 0 aromatic rings. The Morgan fingerprint density at radius 1 is 1.38 bits per heavy atom. The Bertz CT molecular complexity index is 224. The van der Waals surface area contributed by atoms with Crippen molar-refractivity contribution in [3.63, 3.8) is 0 Å². The van der Waals surface area contributed by atoms with E-state index in [2.05, 4.69) is 0 Å². The van der Waals surface area contributed by atoms with Crippen molar-refractivity contribution < 1.29 is 19.8 Å². The Balaban J connectivity index is 4.68. The quantitative estimate of drug-likeness (QED) is 0.716. The molecule has 2 atom stereocenters. The van der Waals surface area contributed by atoms with E-state index in [1.165, 1.54) is 6.08 Å². The number of aliphatic carboxylic acids is 2. The fourth-order valence-electron chi connectivity index (χ4n) is 1.05. The second-order valence-corrected chi connectivity index (χ2v) is 2.79. The van der Waals surface area contributed by atoms with Gasteiger partial charge in [-0.3, -0.25) is 9.59 Å². The molecule has 0 fully saturated rings. The van der Waals surface area contributed by atoms with Crippen molar-refractivity contribution in [3.05, 3.63) is 11.6 Å². The van der Waals surface area contributed by atoms with E-state index in [0.29, 0.717) is 0 Å². The van der Waals surface area contributed by atoms with Crippen LogP contribution in [0.25, 0.3) is 0 Å². The summed E-state index contributed by atoms with van der Waals surface area (Å²) in [4.78, 5) is 21.2. The van der Waals surface area contributed by atoms with Gasteiger partial charge in [-0.15, -0.1) is 0 Å². The van der Waals surface area contributed by atoms with Gasteiger partial charge in [0, 0.05) is 5.54 Å². The van der Waals surface area contributed by atoms with Gasteiger partial charge in [0.25, 0.3) is 0 Å². The average molecular weight is 207 g/mol. The molecule has 0 aromatic carbocycles. The monoisotopic (exact) mass is 206 g/mol. The minimum Gasteiger partial charge on any atom is -0.481 e. The predicted octanol–water partition coefficient (Wildman–Crippen LogP) is 1.55. The Morgan fingerprint density at radius 3 is 2.15 bits per heavy atom. The summed E-state index contributed by atoms with van der Waals surface area (Å²) in [5.41, 5.74) is 1.03. The molecule has 0 radical (unpaired) electrons. The highest BCUT2D eigenvalue weighted by Crippen LogP contribution is 2.18. The van der Waals surface area contributed by atoms with Crippen LogP contribution in [0.2, 0.25) is 0 Å². The van der Waals surface area contributed by atoms with Gasteiger partial charge in [-0.05, 0) is 6.42 Å². The zero-order valence-electron chi connectivity index (χ0n) is 7.11. The van der Waals surface area contributed by atoms with Crippen LogP contribution in [0.4, 0.5) is 0 Å². The van der Waals surface area contributed by atoms with Gasteiger partial charge in [0.1, 0.15) is 0 Å². The molecule has 0 aliphatic carbocycles. The van der Waals surface area contributed by atoms with E-state index in [0.717, 1.165) is 5.54 Å². The number of hydrogen-bond donors (Lipinski definition) is 2. The zero-order chi connectivity index (χ0) is 10.4. The molecule has 13 heavy (non-hydrogen) atoms. The smallest absolute Gasteiger partial charge is 0.311 e. The maximum atomic E-state index is 10.6. The summed E-state index contributed by atoms with van der Waals surface area (Å²) in [6.07, 6.45) is 1.43. The van der Waals surface area contributed by atoms with Crippen molar-refractivity contribution >= 4 is 23.5 Å². The van der Waals surface area contributed by atoms with Crippen molar-refractivity contribution in [2.45, 2.75) is 13.3 Å².